The number of carbonyl (C=O) groups excluding carboxylic acids is 2. The number of nitro groups is 3. The zero-order valence-electron chi connectivity index (χ0n) is 9.55. The zero-order chi connectivity index (χ0) is 15.4. The van der Waals surface area contributed by atoms with Gasteiger partial charge >= 0.3 is 12.1 Å². The number of urea groups is 2. The van der Waals surface area contributed by atoms with Crippen LogP contribution in [-0.4, -0.2) is 66.5 Å². The second-order valence-corrected chi connectivity index (χ2v) is 3.75. The van der Waals surface area contributed by atoms with E-state index in [4.69, 9.17) is 0 Å². The number of nitrogens with zero attached hydrogens (tertiary/aromatic N) is 7. The van der Waals surface area contributed by atoms with Gasteiger partial charge in [-0.2, -0.15) is 0 Å². The molecule has 0 aromatic carbocycles. The minimum absolute atomic E-state index is 0.200. The van der Waals surface area contributed by atoms with Crippen molar-refractivity contribution < 1.29 is 24.7 Å². The number of likely N-dealkylation sites (N-methyl/N-ethyl adjacent to an activating group) is 1. The average Bonchev–Trinajstić information content (AvgIpc) is 2.72. The van der Waals surface area contributed by atoms with Crippen LogP contribution >= 0.6 is 0 Å². The molecule has 0 bridgehead atoms. The van der Waals surface area contributed by atoms with Gasteiger partial charge in [0.05, 0.1) is 0 Å². The fourth-order valence-corrected chi connectivity index (χ4v) is 2.07. The molecule has 108 valence electrons. The summed E-state index contributed by atoms with van der Waals surface area (Å²) >= 11 is 0. The molecule has 15 nitrogen and oxygen atoms in total. The summed E-state index contributed by atoms with van der Waals surface area (Å²) in [6.45, 7) is 0. The predicted molar refractivity (Wildman–Crippen MR) is 52.6 cm³/mol. The Morgan fingerprint density at radius 1 is 0.800 bits per heavy atom. The molecule has 2 rings (SSSR count). The van der Waals surface area contributed by atoms with Gasteiger partial charge in [-0.05, 0) is 10.0 Å². The molecular formula is C5H5N7O8. The Morgan fingerprint density at radius 3 is 1.55 bits per heavy atom. The van der Waals surface area contributed by atoms with Gasteiger partial charge in [0.15, 0.2) is 15.1 Å². The number of rotatable bonds is 3. The van der Waals surface area contributed by atoms with E-state index in [1.807, 2.05) is 0 Å². The highest BCUT2D eigenvalue weighted by atomic mass is 16.7. The Kier molecular flexibility index (Phi) is 2.55. The van der Waals surface area contributed by atoms with E-state index in [1.165, 1.54) is 0 Å². The SMILES string of the molecule is CN1C(=O)N([N+](=O)[O-])C2C1N([N+](=O)[O-])C(=O)N2[N+](=O)[O-]. The van der Waals surface area contributed by atoms with Crippen LogP contribution in [0.3, 0.4) is 0 Å². The molecule has 2 saturated heterocycles. The highest BCUT2D eigenvalue weighted by molar-refractivity contribution is 5.82. The van der Waals surface area contributed by atoms with Crippen molar-refractivity contribution in [2.75, 3.05) is 7.05 Å². The summed E-state index contributed by atoms with van der Waals surface area (Å²) in [5.74, 6) is 0. The molecule has 20 heavy (non-hydrogen) atoms. The lowest BCUT2D eigenvalue weighted by atomic mass is 10.4. The van der Waals surface area contributed by atoms with Gasteiger partial charge in [0.2, 0.25) is 6.17 Å². The lowest BCUT2D eigenvalue weighted by Crippen LogP contribution is -2.51. The lowest BCUT2D eigenvalue weighted by Gasteiger charge is -2.16. The number of amides is 4. The van der Waals surface area contributed by atoms with Crippen LogP contribution in [0, 0.1) is 30.3 Å². The van der Waals surface area contributed by atoms with E-state index in [1.54, 1.807) is 0 Å². The highest BCUT2D eigenvalue weighted by Gasteiger charge is 2.72. The topological polar surface area (TPSA) is 177 Å². The van der Waals surface area contributed by atoms with Gasteiger partial charge in [-0.15, -0.1) is 0 Å². The van der Waals surface area contributed by atoms with E-state index in [2.05, 4.69) is 0 Å². The van der Waals surface area contributed by atoms with Gasteiger partial charge in [-0.3, -0.25) is 4.90 Å². The molecule has 15 heteroatoms. The zero-order valence-corrected chi connectivity index (χ0v) is 9.55. The van der Waals surface area contributed by atoms with Crippen LogP contribution in [0.4, 0.5) is 9.59 Å². The molecule has 0 radical (unpaired) electrons. The second-order valence-electron chi connectivity index (χ2n) is 3.75. The molecule has 0 aromatic rings. The van der Waals surface area contributed by atoms with Gasteiger partial charge in [-0.1, -0.05) is 0 Å². The highest BCUT2D eigenvalue weighted by Crippen LogP contribution is 2.33. The molecule has 2 fully saturated rings. The van der Waals surface area contributed by atoms with Crippen molar-refractivity contribution in [1.29, 1.82) is 0 Å². The van der Waals surface area contributed by atoms with Crippen LogP contribution in [0.2, 0.25) is 0 Å². The largest absolute Gasteiger partial charge is 0.440 e. The van der Waals surface area contributed by atoms with E-state index in [0.29, 0.717) is 4.90 Å². The molecule has 4 amide bonds. The third kappa shape index (κ3) is 1.39. The number of hydrogen-bond acceptors (Lipinski definition) is 8. The monoisotopic (exact) mass is 291 g/mol. The summed E-state index contributed by atoms with van der Waals surface area (Å²) in [4.78, 5) is 56.1. The quantitative estimate of drug-likeness (QED) is 0.437. The fourth-order valence-electron chi connectivity index (χ4n) is 2.07. The number of hydrogen-bond donors (Lipinski definition) is 0. The number of fused-ring (bicyclic) bond motifs is 1. The predicted octanol–water partition coefficient (Wildman–Crippen LogP) is -1.68. The minimum Gasteiger partial charge on any atom is -0.293 e. The molecule has 2 aliphatic rings. The van der Waals surface area contributed by atoms with Crippen molar-refractivity contribution in [1.82, 2.24) is 19.9 Å². The van der Waals surface area contributed by atoms with Crippen molar-refractivity contribution in [3.63, 3.8) is 0 Å². The van der Waals surface area contributed by atoms with Gasteiger partial charge in [0.1, 0.15) is 0 Å². The Labute approximate surface area is 107 Å². The third-order valence-corrected chi connectivity index (χ3v) is 2.83. The summed E-state index contributed by atoms with van der Waals surface area (Å²) in [5, 5.41) is 27.8. The molecular weight excluding hydrogens is 286 g/mol. The van der Waals surface area contributed by atoms with Crippen molar-refractivity contribution in [3.05, 3.63) is 30.3 Å². The maximum atomic E-state index is 11.6. The number of carbonyl (C=O) groups is 2. The van der Waals surface area contributed by atoms with E-state index in [0.717, 1.165) is 7.05 Å². The first kappa shape index (κ1) is 13.2. The fraction of sp³-hybridized carbons (Fsp3) is 0.600. The van der Waals surface area contributed by atoms with E-state index < -0.39 is 39.5 Å². The van der Waals surface area contributed by atoms with Crippen LogP contribution in [0.25, 0.3) is 0 Å². The van der Waals surface area contributed by atoms with Crippen LogP contribution in [0.1, 0.15) is 0 Å². The third-order valence-electron chi connectivity index (χ3n) is 2.83. The average molecular weight is 291 g/mol. The maximum Gasteiger partial charge on any atom is 0.440 e. The normalized spacial score (nSPS) is 25.2. The molecule has 2 atom stereocenters. The molecule has 2 aliphatic heterocycles. The van der Waals surface area contributed by atoms with Gasteiger partial charge in [-0.25, -0.2) is 39.9 Å². The Hall–Kier alpha value is -3.26. The summed E-state index contributed by atoms with van der Waals surface area (Å²) in [7, 11) is 0.955. The molecule has 0 aliphatic carbocycles. The summed E-state index contributed by atoms with van der Waals surface area (Å²) in [6, 6.07) is -2.99. The minimum atomic E-state index is -2.03. The molecule has 2 unspecified atom stereocenters. The first-order valence-corrected chi connectivity index (χ1v) is 4.81. The summed E-state index contributed by atoms with van der Waals surface area (Å²) in [6.07, 6.45) is -3.81. The molecule has 2 heterocycles. The summed E-state index contributed by atoms with van der Waals surface area (Å²) < 4.78 is 0. The molecule has 0 spiro atoms. The Morgan fingerprint density at radius 2 is 1.15 bits per heavy atom. The van der Waals surface area contributed by atoms with Crippen molar-refractivity contribution >= 4 is 12.1 Å². The van der Waals surface area contributed by atoms with Crippen molar-refractivity contribution in [2.45, 2.75) is 12.3 Å². The van der Waals surface area contributed by atoms with Crippen LogP contribution in [0.5, 0.6) is 0 Å². The summed E-state index contributed by atoms with van der Waals surface area (Å²) in [5.41, 5.74) is 0. The van der Waals surface area contributed by atoms with Crippen LogP contribution in [-0.2, 0) is 0 Å². The smallest absolute Gasteiger partial charge is 0.293 e. The van der Waals surface area contributed by atoms with Gasteiger partial charge in [0.25, 0.3) is 6.17 Å². The molecule has 0 N–H and O–H groups in total. The van der Waals surface area contributed by atoms with E-state index in [9.17, 15) is 39.9 Å². The van der Waals surface area contributed by atoms with Crippen molar-refractivity contribution in [3.8, 4) is 0 Å². The maximum absolute atomic E-state index is 11.6. The van der Waals surface area contributed by atoms with E-state index in [-0.39, 0.29) is 15.0 Å². The lowest BCUT2D eigenvalue weighted by molar-refractivity contribution is -0.694. The first-order chi connectivity index (χ1) is 9.20. The second kappa shape index (κ2) is 3.87. The van der Waals surface area contributed by atoms with Crippen molar-refractivity contribution in [2.24, 2.45) is 0 Å². The Bertz CT molecular complexity index is 535. The standard InChI is InChI=1S/C5H5N7O8/c1-6-2-3(8(4(6)13)11(17)18)9(12(19)20)5(14)7(2)10(15)16/h2-3H,1H3. The molecule has 0 aromatic heterocycles. The van der Waals surface area contributed by atoms with Gasteiger partial charge < -0.3 is 0 Å². The van der Waals surface area contributed by atoms with E-state index >= 15 is 0 Å². The van der Waals surface area contributed by atoms with Crippen LogP contribution in [0.15, 0.2) is 0 Å². The first-order valence-electron chi connectivity index (χ1n) is 4.81. The van der Waals surface area contributed by atoms with Gasteiger partial charge in [0, 0.05) is 12.1 Å². The van der Waals surface area contributed by atoms with Crippen LogP contribution < -0.4 is 0 Å². The Balaban J connectivity index is 2.58. The molecule has 0 saturated carbocycles. The number of hydrazine groups is 3.